The molecule has 0 aliphatic carbocycles. The van der Waals surface area contributed by atoms with Gasteiger partial charge in [0.2, 0.25) is 0 Å². The Morgan fingerprint density at radius 3 is 0.852 bits per heavy atom. The summed E-state index contributed by atoms with van der Waals surface area (Å²) in [7, 11) is 0. The molecule has 0 aliphatic heterocycles. The topological polar surface area (TPSA) is 0 Å². The molecule has 0 N–H and O–H groups in total. The van der Waals surface area contributed by atoms with Gasteiger partial charge in [-0.15, -0.1) is 0 Å². The van der Waals surface area contributed by atoms with Crippen LogP contribution in [0.1, 0.15) is 92.5 Å². The van der Waals surface area contributed by atoms with Crippen molar-refractivity contribution in [2.45, 2.75) is 99.3 Å². The van der Waals surface area contributed by atoms with Gasteiger partial charge >= 0.3 is 0 Å². The van der Waals surface area contributed by atoms with E-state index in [9.17, 15) is 0 Å². The van der Waals surface area contributed by atoms with E-state index in [0.717, 1.165) is 38.5 Å². The molecule has 0 saturated carbocycles. The first kappa shape index (κ1) is 21.7. The Morgan fingerprint density at radius 2 is 0.593 bits per heavy atom. The van der Waals surface area contributed by atoms with Gasteiger partial charge in [-0.3, -0.25) is 0 Å². The molecule has 0 aliphatic rings. The highest BCUT2D eigenvalue weighted by atomic mass is 14.2. The van der Waals surface area contributed by atoms with Crippen LogP contribution in [-0.4, -0.2) is 0 Å². The molecule has 0 nitrogen and oxygen atoms in total. The van der Waals surface area contributed by atoms with Crippen LogP contribution in [0.2, 0.25) is 0 Å². The molecule has 0 radical (unpaired) electrons. The Balaban J connectivity index is 2.18. The SMILES string of the molecule is CCc1cc(CC)c(CCCc2cc(CC)c(CC)cc2CC)cc1CC. The van der Waals surface area contributed by atoms with Gasteiger partial charge in [0.05, 0.1) is 0 Å². The quantitative estimate of drug-likeness (QED) is 0.417. The van der Waals surface area contributed by atoms with Crippen LogP contribution in [0.5, 0.6) is 0 Å². The third-order valence-corrected chi connectivity index (χ3v) is 6.22. The van der Waals surface area contributed by atoms with Crippen molar-refractivity contribution in [3.63, 3.8) is 0 Å². The Morgan fingerprint density at radius 1 is 0.370 bits per heavy atom. The van der Waals surface area contributed by atoms with E-state index in [4.69, 9.17) is 0 Å². The average molecular weight is 365 g/mol. The lowest BCUT2D eigenvalue weighted by atomic mass is 9.89. The summed E-state index contributed by atoms with van der Waals surface area (Å²) in [6.45, 7) is 13.8. The van der Waals surface area contributed by atoms with Crippen molar-refractivity contribution >= 4 is 0 Å². The van der Waals surface area contributed by atoms with Crippen LogP contribution in [-0.2, 0) is 51.4 Å². The number of benzene rings is 2. The van der Waals surface area contributed by atoms with Crippen molar-refractivity contribution < 1.29 is 0 Å². The number of hydrogen-bond donors (Lipinski definition) is 0. The molecule has 0 atom stereocenters. The Kier molecular flexibility index (Phi) is 8.61. The van der Waals surface area contributed by atoms with Crippen LogP contribution in [0.4, 0.5) is 0 Å². The Hall–Kier alpha value is -1.56. The van der Waals surface area contributed by atoms with E-state index in [1.807, 2.05) is 0 Å². The smallest absolute Gasteiger partial charge is 0.0273 e. The summed E-state index contributed by atoms with van der Waals surface area (Å²) in [5, 5.41) is 0. The van der Waals surface area contributed by atoms with Gasteiger partial charge < -0.3 is 0 Å². The van der Waals surface area contributed by atoms with Crippen molar-refractivity contribution in [2.24, 2.45) is 0 Å². The Labute approximate surface area is 168 Å². The second-order valence-corrected chi connectivity index (χ2v) is 7.75. The first-order chi connectivity index (χ1) is 13.1. The molecular formula is C27H40. The molecule has 2 aromatic rings. The van der Waals surface area contributed by atoms with Gasteiger partial charge in [0, 0.05) is 0 Å². The average Bonchev–Trinajstić information content (AvgIpc) is 2.72. The molecule has 148 valence electrons. The van der Waals surface area contributed by atoms with Gasteiger partial charge in [0.1, 0.15) is 0 Å². The van der Waals surface area contributed by atoms with E-state index in [-0.39, 0.29) is 0 Å². The van der Waals surface area contributed by atoms with Crippen LogP contribution >= 0.6 is 0 Å². The highest BCUT2D eigenvalue weighted by Crippen LogP contribution is 2.24. The monoisotopic (exact) mass is 364 g/mol. The summed E-state index contributed by atoms with van der Waals surface area (Å²) in [4.78, 5) is 0. The molecule has 0 spiro atoms. The van der Waals surface area contributed by atoms with Crippen molar-refractivity contribution in [1.29, 1.82) is 0 Å². The van der Waals surface area contributed by atoms with Crippen LogP contribution in [0.15, 0.2) is 24.3 Å². The van der Waals surface area contributed by atoms with Gasteiger partial charge in [-0.2, -0.15) is 0 Å². The third kappa shape index (κ3) is 5.24. The summed E-state index contributed by atoms with van der Waals surface area (Å²) in [6.07, 6.45) is 10.6. The standard InChI is InChI=1S/C27H40/c1-7-20-16-24(11-5)26(18-22(20)9-3)14-13-15-27-19-23(10-4)21(8-2)17-25(27)12-6/h16-19H,7-15H2,1-6H3. The maximum atomic E-state index is 2.51. The summed E-state index contributed by atoms with van der Waals surface area (Å²) in [5.41, 5.74) is 12.5. The molecular weight excluding hydrogens is 324 g/mol. The second kappa shape index (κ2) is 10.7. The zero-order chi connectivity index (χ0) is 19.8. The number of aryl methyl sites for hydroxylation is 8. The molecule has 2 aromatic carbocycles. The fraction of sp³-hybridized carbons (Fsp3) is 0.556. The lowest BCUT2D eigenvalue weighted by Crippen LogP contribution is -2.03. The maximum absolute atomic E-state index is 2.51. The minimum absolute atomic E-state index is 1.15. The lowest BCUT2D eigenvalue weighted by molar-refractivity contribution is 0.795. The fourth-order valence-corrected chi connectivity index (χ4v) is 4.49. The molecule has 0 bridgehead atoms. The van der Waals surface area contributed by atoms with Gasteiger partial charge in [-0.25, -0.2) is 0 Å². The van der Waals surface area contributed by atoms with E-state index in [2.05, 4.69) is 65.8 Å². The van der Waals surface area contributed by atoms with Gasteiger partial charge in [-0.1, -0.05) is 65.8 Å². The lowest BCUT2D eigenvalue weighted by Gasteiger charge is -2.16. The summed E-state index contributed by atoms with van der Waals surface area (Å²) in [6, 6.07) is 9.99. The summed E-state index contributed by atoms with van der Waals surface area (Å²) in [5.74, 6) is 0. The Bertz CT molecular complexity index is 673. The molecule has 0 heteroatoms. The number of hydrogen-bond acceptors (Lipinski definition) is 0. The first-order valence-corrected chi connectivity index (χ1v) is 11.4. The minimum Gasteiger partial charge on any atom is -0.0613 e. The largest absolute Gasteiger partial charge is 0.0613 e. The predicted octanol–water partition coefficient (Wildman–Crippen LogP) is 7.24. The molecule has 0 fully saturated rings. The van der Waals surface area contributed by atoms with Crippen LogP contribution in [0.3, 0.4) is 0 Å². The zero-order valence-corrected chi connectivity index (χ0v) is 18.7. The van der Waals surface area contributed by atoms with Crippen LogP contribution in [0.25, 0.3) is 0 Å². The van der Waals surface area contributed by atoms with Crippen molar-refractivity contribution in [3.05, 3.63) is 68.8 Å². The molecule has 27 heavy (non-hydrogen) atoms. The second-order valence-electron chi connectivity index (χ2n) is 7.75. The molecule has 0 aromatic heterocycles. The molecule has 0 amide bonds. The van der Waals surface area contributed by atoms with E-state index >= 15 is 0 Å². The maximum Gasteiger partial charge on any atom is -0.0273 e. The van der Waals surface area contributed by atoms with E-state index < -0.39 is 0 Å². The summed E-state index contributed by atoms with van der Waals surface area (Å²) >= 11 is 0. The summed E-state index contributed by atoms with van der Waals surface area (Å²) < 4.78 is 0. The predicted molar refractivity (Wildman–Crippen MR) is 121 cm³/mol. The van der Waals surface area contributed by atoms with Crippen molar-refractivity contribution in [3.8, 4) is 0 Å². The van der Waals surface area contributed by atoms with E-state index in [0.29, 0.717) is 0 Å². The highest BCUT2D eigenvalue weighted by molar-refractivity contribution is 5.40. The fourth-order valence-electron chi connectivity index (χ4n) is 4.49. The highest BCUT2D eigenvalue weighted by Gasteiger charge is 2.10. The molecule has 2 rings (SSSR count). The van der Waals surface area contributed by atoms with Crippen molar-refractivity contribution in [2.75, 3.05) is 0 Å². The van der Waals surface area contributed by atoms with Crippen molar-refractivity contribution in [1.82, 2.24) is 0 Å². The van der Waals surface area contributed by atoms with E-state index in [1.165, 1.54) is 19.3 Å². The van der Waals surface area contributed by atoms with Crippen LogP contribution < -0.4 is 0 Å². The molecule has 0 heterocycles. The third-order valence-electron chi connectivity index (χ3n) is 6.22. The van der Waals surface area contributed by atoms with Crippen LogP contribution in [0, 0.1) is 0 Å². The molecule has 0 unspecified atom stereocenters. The normalized spacial score (nSPS) is 11.2. The van der Waals surface area contributed by atoms with E-state index in [1.54, 1.807) is 44.5 Å². The van der Waals surface area contributed by atoms with Gasteiger partial charge in [0.25, 0.3) is 0 Å². The first-order valence-electron chi connectivity index (χ1n) is 11.4. The minimum atomic E-state index is 1.15. The van der Waals surface area contributed by atoms with Gasteiger partial charge in [-0.05, 0) is 102 Å². The molecule has 0 saturated heterocycles. The number of rotatable bonds is 10. The van der Waals surface area contributed by atoms with Gasteiger partial charge in [0.15, 0.2) is 0 Å². The zero-order valence-electron chi connectivity index (χ0n) is 18.7.